The van der Waals surface area contributed by atoms with E-state index in [4.69, 9.17) is 9.15 Å². The fourth-order valence-corrected chi connectivity index (χ4v) is 4.85. The first-order valence-corrected chi connectivity index (χ1v) is 11.7. The van der Waals surface area contributed by atoms with Crippen LogP contribution in [0.1, 0.15) is 34.2 Å². The molecular weight excluding hydrogens is 422 g/mol. The number of hydrogen-bond donors (Lipinski definition) is 0. The lowest BCUT2D eigenvalue weighted by Gasteiger charge is -2.28. The second kappa shape index (κ2) is 9.04. The Morgan fingerprint density at radius 1 is 1.12 bits per heavy atom. The smallest absolute Gasteiger partial charge is 0.290 e. The van der Waals surface area contributed by atoms with E-state index in [-0.39, 0.29) is 5.91 Å². The van der Waals surface area contributed by atoms with Crippen molar-refractivity contribution < 1.29 is 13.9 Å². The van der Waals surface area contributed by atoms with Crippen LogP contribution in [0.2, 0.25) is 0 Å². The highest BCUT2D eigenvalue weighted by Gasteiger charge is 2.28. The zero-order valence-corrected chi connectivity index (χ0v) is 18.6. The van der Waals surface area contributed by atoms with E-state index in [1.807, 2.05) is 48.2 Å². The monoisotopic (exact) mass is 445 g/mol. The molecule has 0 radical (unpaired) electrons. The fourth-order valence-electron chi connectivity index (χ4n) is 4.02. The number of amides is 1. The van der Waals surface area contributed by atoms with Gasteiger partial charge in [0.15, 0.2) is 10.9 Å². The van der Waals surface area contributed by atoms with E-state index in [0.29, 0.717) is 36.4 Å². The number of fused-ring (bicyclic) bond motifs is 2. The number of hydrogen-bond acceptors (Lipinski definition) is 6. The average molecular weight is 446 g/mol. The summed E-state index contributed by atoms with van der Waals surface area (Å²) >= 11 is 1.50. The van der Waals surface area contributed by atoms with Crippen LogP contribution in [0, 0.1) is 0 Å². The molecular formula is C25H23N3O3S. The molecule has 6 nitrogen and oxygen atoms in total. The molecule has 1 amide bonds. The van der Waals surface area contributed by atoms with Crippen molar-refractivity contribution in [3.05, 3.63) is 83.4 Å². The summed E-state index contributed by atoms with van der Waals surface area (Å²) in [5, 5.41) is 1.63. The number of ether oxygens (including phenoxy) is 1. The van der Waals surface area contributed by atoms with Gasteiger partial charge < -0.3 is 14.1 Å². The van der Waals surface area contributed by atoms with Crippen LogP contribution in [0.3, 0.4) is 0 Å². The molecule has 1 aliphatic rings. The van der Waals surface area contributed by atoms with Crippen LogP contribution < -0.4 is 4.74 Å². The van der Waals surface area contributed by atoms with Crippen molar-refractivity contribution in [1.29, 1.82) is 0 Å². The summed E-state index contributed by atoms with van der Waals surface area (Å²) in [6.07, 6.45) is 4.25. The first-order chi connectivity index (χ1) is 15.7. The SMILES string of the molecule is CCOc1ccc2c(c1)CN(C(=O)c1oc3ccccc3c1CSc1ncccn1)CC2. The van der Waals surface area contributed by atoms with Crippen molar-refractivity contribution in [2.45, 2.75) is 30.8 Å². The first kappa shape index (κ1) is 20.6. The van der Waals surface area contributed by atoms with E-state index in [1.54, 1.807) is 18.5 Å². The maximum atomic E-state index is 13.6. The molecule has 0 fully saturated rings. The number of thioether (sulfide) groups is 1. The third kappa shape index (κ3) is 4.08. The summed E-state index contributed by atoms with van der Waals surface area (Å²) in [6.45, 7) is 3.79. The van der Waals surface area contributed by atoms with Gasteiger partial charge in [0.05, 0.1) is 6.61 Å². The third-order valence-electron chi connectivity index (χ3n) is 5.57. The van der Waals surface area contributed by atoms with E-state index in [9.17, 15) is 4.79 Å². The minimum absolute atomic E-state index is 0.0850. The molecule has 2 aromatic carbocycles. The Morgan fingerprint density at radius 3 is 2.81 bits per heavy atom. The Hall–Kier alpha value is -3.32. The van der Waals surface area contributed by atoms with Gasteiger partial charge in [0.1, 0.15) is 11.3 Å². The summed E-state index contributed by atoms with van der Waals surface area (Å²) in [7, 11) is 0. The molecule has 3 heterocycles. The molecule has 0 saturated heterocycles. The van der Waals surface area contributed by atoms with E-state index in [1.165, 1.54) is 17.3 Å². The van der Waals surface area contributed by atoms with Crippen LogP contribution in [0.25, 0.3) is 11.0 Å². The van der Waals surface area contributed by atoms with Crippen molar-refractivity contribution >= 4 is 28.6 Å². The van der Waals surface area contributed by atoms with Crippen LogP contribution >= 0.6 is 11.8 Å². The second-order valence-corrected chi connectivity index (χ2v) is 8.51. The molecule has 2 aromatic heterocycles. The molecule has 32 heavy (non-hydrogen) atoms. The maximum absolute atomic E-state index is 13.6. The highest BCUT2D eigenvalue weighted by molar-refractivity contribution is 7.98. The molecule has 1 aliphatic heterocycles. The Labute approximate surface area is 190 Å². The Morgan fingerprint density at radius 2 is 1.97 bits per heavy atom. The highest BCUT2D eigenvalue weighted by Crippen LogP contribution is 2.33. The van der Waals surface area contributed by atoms with Gasteiger partial charge in [-0.25, -0.2) is 9.97 Å². The van der Waals surface area contributed by atoms with Crippen molar-refractivity contribution in [3.63, 3.8) is 0 Å². The van der Waals surface area contributed by atoms with Gasteiger partial charge in [-0.3, -0.25) is 4.79 Å². The minimum atomic E-state index is -0.0850. The van der Waals surface area contributed by atoms with Gasteiger partial charge in [-0.15, -0.1) is 0 Å². The topological polar surface area (TPSA) is 68.5 Å². The molecule has 4 aromatic rings. The van der Waals surface area contributed by atoms with E-state index in [0.717, 1.165) is 34.3 Å². The predicted molar refractivity (Wildman–Crippen MR) is 124 cm³/mol. The van der Waals surface area contributed by atoms with Gasteiger partial charge in [-0.05, 0) is 48.7 Å². The number of rotatable bonds is 6. The van der Waals surface area contributed by atoms with Crippen molar-refractivity contribution in [3.8, 4) is 5.75 Å². The van der Waals surface area contributed by atoms with Gasteiger partial charge in [0.25, 0.3) is 5.91 Å². The van der Waals surface area contributed by atoms with Gasteiger partial charge in [-0.2, -0.15) is 0 Å². The molecule has 0 N–H and O–H groups in total. The lowest BCUT2D eigenvalue weighted by Crippen LogP contribution is -2.36. The van der Waals surface area contributed by atoms with Gasteiger partial charge in [0, 0.05) is 42.2 Å². The predicted octanol–water partition coefficient (Wildman–Crippen LogP) is 5.11. The third-order valence-corrected chi connectivity index (χ3v) is 6.47. The van der Waals surface area contributed by atoms with Gasteiger partial charge >= 0.3 is 0 Å². The molecule has 0 unspecified atom stereocenters. The average Bonchev–Trinajstić information content (AvgIpc) is 3.21. The van der Waals surface area contributed by atoms with E-state index < -0.39 is 0 Å². The standard InChI is InChI=1S/C25H23N3O3S/c1-2-30-19-9-8-17-10-13-28(15-18(17)14-19)24(29)23-21(16-32-25-26-11-5-12-27-25)20-6-3-4-7-22(20)31-23/h3-9,11-12,14H,2,10,13,15-16H2,1H3. The summed E-state index contributed by atoms with van der Waals surface area (Å²) < 4.78 is 11.7. The normalized spacial score (nSPS) is 13.2. The fraction of sp³-hybridized carbons (Fsp3) is 0.240. The zero-order chi connectivity index (χ0) is 21.9. The summed E-state index contributed by atoms with van der Waals surface area (Å²) in [5.41, 5.74) is 3.99. The number of carbonyl (C=O) groups excluding carboxylic acids is 1. The van der Waals surface area contributed by atoms with Crippen LogP contribution in [0.15, 0.2) is 70.5 Å². The van der Waals surface area contributed by atoms with Crippen molar-refractivity contribution in [2.24, 2.45) is 0 Å². The quantitative estimate of drug-likeness (QED) is 0.303. The molecule has 0 aliphatic carbocycles. The van der Waals surface area contributed by atoms with Crippen LogP contribution in [0.4, 0.5) is 0 Å². The summed E-state index contributed by atoms with van der Waals surface area (Å²) in [5.74, 6) is 1.71. The highest BCUT2D eigenvalue weighted by atomic mass is 32.2. The van der Waals surface area contributed by atoms with Crippen molar-refractivity contribution in [2.75, 3.05) is 13.2 Å². The lowest BCUT2D eigenvalue weighted by atomic mass is 9.99. The van der Waals surface area contributed by atoms with Gasteiger partial charge in [0.2, 0.25) is 0 Å². The number of aromatic nitrogens is 2. The Kier molecular flexibility index (Phi) is 5.81. The minimum Gasteiger partial charge on any atom is -0.494 e. The molecule has 0 bridgehead atoms. The number of para-hydroxylation sites is 1. The first-order valence-electron chi connectivity index (χ1n) is 10.7. The van der Waals surface area contributed by atoms with Crippen LogP contribution in [-0.2, 0) is 18.7 Å². The Balaban J connectivity index is 1.44. The molecule has 0 saturated carbocycles. The molecule has 0 spiro atoms. The number of carbonyl (C=O) groups is 1. The summed E-state index contributed by atoms with van der Waals surface area (Å²) in [6, 6.07) is 15.7. The lowest BCUT2D eigenvalue weighted by molar-refractivity contribution is 0.0703. The van der Waals surface area contributed by atoms with E-state index in [2.05, 4.69) is 16.0 Å². The van der Waals surface area contributed by atoms with Crippen molar-refractivity contribution in [1.82, 2.24) is 14.9 Å². The second-order valence-electron chi connectivity index (χ2n) is 7.57. The summed E-state index contributed by atoms with van der Waals surface area (Å²) in [4.78, 5) is 24.0. The Bertz CT molecular complexity index is 1260. The van der Waals surface area contributed by atoms with E-state index >= 15 is 0 Å². The molecule has 162 valence electrons. The molecule has 0 atom stereocenters. The molecule has 7 heteroatoms. The number of furan rings is 1. The van der Waals surface area contributed by atoms with Gasteiger partial charge in [-0.1, -0.05) is 36.0 Å². The van der Waals surface area contributed by atoms with Crippen LogP contribution in [0.5, 0.6) is 5.75 Å². The molecule has 5 rings (SSSR count). The maximum Gasteiger partial charge on any atom is 0.290 e. The zero-order valence-electron chi connectivity index (χ0n) is 17.8. The van der Waals surface area contributed by atoms with Crippen LogP contribution in [-0.4, -0.2) is 33.9 Å². The number of benzene rings is 2. The largest absolute Gasteiger partial charge is 0.494 e. The number of nitrogens with zero attached hydrogens (tertiary/aromatic N) is 3.